The van der Waals surface area contributed by atoms with Crippen LogP contribution in [0.15, 0.2) is 23.1 Å². The molecule has 1 heterocycles. The van der Waals surface area contributed by atoms with Gasteiger partial charge in [0, 0.05) is 29.4 Å². The van der Waals surface area contributed by atoms with Gasteiger partial charge < -0.3 is 15.8 Å². The van der Waals surface area contributed by atoms with E-state index in [2.05, 4.69) is 18.3 Å². The number of ether oxygens (including phenoxy) is 1. The summed E-state index contributed by atoms with van der Waals surface area (Å²) in [6.45, 7) is 4.81. The maximum absolute atomic E-state index is 5.87. The van der Waals surface area contributed by atoms with Gasteiger partial charge in [0.05, 0.1) is 12.7 Å². The minimum atomic E-state index is 0.319. The highest BCUT2D eigenvalue weighted by molar-refractivity contribution is 7.99. The fourth-order valence-electron chi connectivity index (χ4n) is 1.70. The van der Waals surface area contributed by atoms with Gasteiger partial charge in [-0.3, -0.25) is 0 Å². The third kappa shape index (κ3) is 2.90. The molecular formula is C12H18N2OS. The molecule has 1 aliphatic heterocycles. The Kier molecular flexibility index (Phi) is 4.09. The molecule has 3 N–H and O–H groups in total. The molecule has 0 aromatic heterocycles. The van der Waals surface area contributed by atoms with Gasteiger partial charge in [-0.2, -0.15) is 0 Å². The molecular weight excluding hydrogens is 220 g/mol. The molecule has 3 nitrogen and oxygen atoms in total. The molecule has 4 heteroatoms. The van der Waals surface area contributed by atoms with Crippen LogP contribution in [0.1, 0.15) is 5.56 Å². The summed E-state index contributed by atoms with van der Waals surface area (Å²) in [5, 5.41) is 3.33. The highest BCUT2D eigenvalue weighted by Gasteiger charge is 2.14. The molecule has 1 aliphatic rings. The first-order valence-electron chi connectivity index (χ1n) is 5.57. The minimum Gasteiger partial charge on any atom is -0.398 e. The third-order valence-corrected chi connectivity index (χ3v) is 4.05. The Balaban J connectivity index is 1.91. The number of benzene rings is 1. The summed E-state index contributed by atoms with van der Waals surface area (Å²) in [5.41, 5.74) is 7.92. The molecule has 0 spiro atoms. The zero-order valence-electron chi connectivity index (χ0n) is 9.53. The van der Waals surface area contributed by atoms with E-state index in [1.165, 1.54) is 10.5 Å². The van der Waals surface area contributed by atoms with E-state index in [0.29, 0.717) is 6.10 Å². The van der Waals surface area contributed by atoms with Gasteiger partial charge in [-0.1, -0.05) is 6.07 Å². The van der Waals surface area contributed by atoms with Crippen LogP contribution in [0, 0.1) is 6.92 Å². The number of nitrogen functional groups attached to an aromatic ring is 1. The average Bonchev–Trinajstić information content (AvgIpc) is 2.32. The molecule has 0 saturated carbocycles. The van der Waals surface area contributed by atoms with Gasteiger partial charge in [-0.05, 0) is 24.6 Å². The number of morpholine rings is 1. The summed E-state index contributed by atoms with van der Waals surface area (Å²) in [6.07, 6.45) is 0.319. The van der Waals surface area contributed by atoms with Crippen LogP contribution < -0.4 is 11.1 Å². The number of nitrogens with two attached hydrogens (primary N) is 1. The molecule has 1 atom stereocenters. The van der Waals surface area contributed by atoms with Crippen LogP contribution in [0.4, 0.5) is 5.69 Å². The Bertz CT molecular complexity index is 351. The van der Waals surface area contributed by atoms with Crippen LogP contribution in [0.25, 0.3) is 0 Å². The SMILES string of the molecule is Cc1c(N)cccc1SCC1CNCCO1. The lowest BCUT2D eigenvalue weighted by molar-refractivity contribution is 0.0441. The molecule has 1 fully saturated rings. The lowest BCUT2D eigenvalue weighted by Gasteiger charge is -2.23. The summed E-state index contributed by atoms with van der Waals surface area (Å²) >= 11 is 1.82. The van der Waals surface area contributed by atoms with Crippen LogP contribution >= 0.6 is 11.8 Å². The normalized spacial score (nSPS) is 20.9. The zero-order valence-corrected chi connectivity index (χ0v) is 10.3. The van der Waals surface area contributed by atoms with Crippen LogP contribution in [-0.4, -0.2) is 31.6 Å². The van der Waals surface area contributed by atoms with Crippen molar-refractivity contribution in [2.24, 2.45) is 0 Å². The highest BCUT2D eigenvalue weighted by Crippen LogP contribution is 2.27. The van der Waals surface area contributed by atoms with Crippen molar-refractivity contribution in [3.05, 3.63) is 23.8 Å². The van der Waals surface area contributed by atoms with Gasteiger partial charge in [-0.15, -0.1) is 11.8 Å². The van der Waals surface area contributed by atoms with Crippen molar-refractivity contribution in [3.63, 3.8) is 0 Å². The summed E-state index contributed by atoms with van der Waals surface area (Å²) in [5.74, 6) is 0.983. The van der Waals surface area contributed by atoms with Gasteiger partial charge in [0.25, 0.3) is 0 Å². The third-order valence-electron chi connectivity index (χ3n) is 2.76. The number of anilines is 1. The minimum absolute atomic E-state index is 0.319. The second-order valence-corrected chi connectivity index (χ2v) is 5.04. The molecule has 0 bridgehead atoms. The van der Waals surface area contributed by atoms with Gasteiger partial charge in [0.15, 0.2) is 0 Å². The lowest BCUT2D eigenvalue weighted by atomic mass is 10.2. The predicted octanol–water partition coefficient (Wildman–Crippen LogP) is 1.66. The summed E-state index contributed by atoms with van der Waals surface area (Å²) < 4.78 is 5.66. The number of rotatable bonds is 3. The molecule has 1 aromatic rings. The quantitative estimate of drug-likeness (QED) is 0.621. The van der Waals surface area contributed by atoms with Crippen molar-refractivity contribution < 1.29 is 4.74 Å². The molecule has 2 rings (SSSR count). The number of nitrogens with one attached hydrogen (secondary N) is 1. The first kappa shape index (κ1) is 11.8. The van der Waals surface area contributed by atoms with Crippen LogP contribution in [0.5, 0.6) is 0 Å². The molecule has 16 heavy (non-hydrogen) atoms. The van der Waals surface area contributed by atoms with Crippen molar-refractivity contribution in [2.45, 2.75) is 17.9 Å². The van der Waals surface area contributed by atoms with E-state index < -0.39 is 0 Å². The van der Waals surface area contributed by atoms with Crippen molar-refractivity contribution in [2.75, 3.05) is 31.2 Å². The number of hydrogen-bond acceptors (Lipinski definition) is 4. The van der Waals surface area contributed by atoms with Gasteiger partial charge in [-0.25, -0.2) is 0 Å². The second kappa shape index (κ2) is 5.57. The standard InChI is InChI=1S/C12H18N2OS/c1-9-11(13)3-2-4-12(9)16-8-10-7-14-5-6-15-10/h2-4,10,14H,5-8,13H2,1H3. The summed E-state index contributed by atoms with van der Waals surface area (Å²) in [4.78, 5) is 1.26. The molecule has 0 aliphatic carbocycles. The lowest BCUT2D eigenvalue weighted by Crippen LogP contribution is -2.39. The Morgan fingerprint density at radius 2 is 2.44 bits per heavy atom. The number of hydrogen-bond donors (Lipinski definition) is 2. The van der Waals surface area contributed by atoms with Crippen LogP contribution in [-0.2, 0) is 4.74 Å². The van der Waals surface area contributed by atoms with Crippen LogP contribution in [0.3, 0.4) is 0 Å². The highest BCUT2D eigenvalue weighted by atomic mass is 32.2. The largest absolute Gasteiger partial charge is 0.398 e. The maximum Gasteiger partial charge on any atom is 0.0793 e. The average molecular weight is 238 g/mol. The smallest absolute Gasteiger partial charge is 0.0793 e. The second-order valence-electron chi connectivity index (χ2n) is 3.98. The van der Waals surface area contributed by atoms with Gasteiger partial charge in [0.2, 0.25) is 0 Å². The van der Waals surface area contributed by atoms with Crippen molar-refractivity contribution in [1.82, 2.24) is 5.32 Å². The molecule has 0 radical (unpaired) electrons. The fourth-order valence-corrected chi connectivity index (χ4v) is 2.79. The number of thioether (sulfide) groups is 1. The van der Waals surface area contributed by atoms with Crippen LogP contribution in [0.2, 0.25) is 0 Å². The molecule has 88 valence electrons. The van der Waals surface area contributed by atoms with E-state index >= 15 is 0 Å². The summed E-state index contributed by atoms with van der Waals surface area (Å²) in [7, 11) is 0. The molecule has 1 aromatic carbocycles. The van der Waals surface area contributed by atoms with Crippen molar-refractivity contribution in [1.29, 1.82) is 0 Å². The topological polar surface area (TPSA) is 47.3 Å². The Labute approximate surface area is 101 Å². The van der Waals surface area contributed by atoms with E-state index in [0.717, 1.165) is 31.1 Å². The molecule has 1 unspecified atom stereocenters. The predicted molar refractivity (Wildman–Crippen MR) is 68.9 cm³/mol. The monoisotopic (exact) mass is 238 g/mol. The van der Waals surface area contributed by atoms with E-state index in [-0.39, 0.29) is 0 Å². The summed E-state index contributed by atoms with van der Waals surface area (Å²) in [6, 6.07) is 6.06. The van der Waals surface area contributed by atoms with E-state index in [9.17, 15) is 0 Å². The first-order chi connectivity index (χ1) is 7.77. The molecule has 0 amide bonds. The molecule has 1 saturated heterocycles. The zero-order chi connectivity index (χ0) is 11.4. The Morgan fingerprint density at radius 1 is 1.56 bits per heavy atom. The van der Waals surface area contributed by atoms with Crippen molar-refractivity contribution >= 4 is 17.4 Å². The Hall–Kier alpha value is -0.710. The van der Waals surface area contributed by atoms with E-state index in [1.54, 1.807) is 0 Å². The maximum atomic E-state index is 5.87. The Morgan fingerprint density at radius 3 is 3.19 bits per heavy atom. The van der Waals surface area contributed by atoms with Gasteiger partial charge >= 0.3 is 0 Å². The van der Waals surface area contributed by atoms with Gasteiger partial charge in [0.1, 0.15) is 0 Å². The van der Waals surface area contributed by atoms with E-state index in [4.69, 9.17) is 10.5 Å². The van der Waals surface area contributed by atoms with E-state index in [1.807, 2.05) is 23.9 Å². The van der Waals surface area contributed by atoms with Crippen molar-refractivity contribution in [3.8, 4) is 0 Å². The first-order valence-corrected chi connectivity index (χ1v) is 6.56. The fraction of sp³-hybridized carbons (Fsp3) is 0.500.